The van der Waals surface area contributed by atoms with Crippen LogP contribution in [0, 0.1) is 0 Å². The molecule has 0 fully saturated rings. The predicted octanol–water partition coefficient (Wildman–Crippen LogP) is 0.751. The Bertz CT molecular complexity index is 197. The maximum atomic E-state index is 11.1. The second kappa shape index (κ2) is 8.19. The van der Waals surface area contributed by atoms with Crippen molar-refractivity contribution in [3.8, 4) is 0 Å². The number of rotatable bonds is 8. The number of aliphatic carboxylic acids is 1. The molecule has 0 amide bonds. The van der Waals surface area contributed by atoms with Crippen LogP contribution in [-0.4, -0.2) is 36.7 Å². The lowest BCUT2D eigenvalue weighted by molar-refractivity contribution is -0.272. The molecule has 88 valence electrons. The minimum absolute atomic E-state index is 0.189. The van der Waals surface area contributed by atoms with Gasteiger partial charge in [-0.05, 0) is 13.8 Å². The van der Waals surface area contributed by atoms with Gasteiger partial charge in [0.05, 0.1) is 26.1 Å². The van der Waals surface area contributed by atoms with Gasteiger partial charge in [-0.3, -0.25) is 9.59 Å². The van der Waals surface area contributed by atoms with E-state index in [4.69, 9.17) is 19.3 Å². The van der Waals surface area contributed by atoms with Crippen LogP contribution in [0.4, 0.5) is 0 Å². The van der Waals surface area contributed by atoms with Crippen LogP contribution in [0.1, 0.15) is 26.7 Å². The number of ether oxygens (including phenoxy) is 3. The molecule has 0 radical (unpaired) electrons. The van der Waals surface area contributed by atoms with Crippen molar-refractivity contribution in [1.29, 1.82) is 0 Å². The standard InChI is InChI=1S/C9H16O6/c1-3-13-9(14-4-2)15-8(12)6-5-7(10)11/h9H,3-6H2,1-2H3,(H,10,11). The van der Waals surface area contributed by atoms with Crippen LogP contribution in [0.5, 0.6) is 0 Å². The highest BCUT2D eigenvalue weighted by atomic mass is 16.9. The van der Waals surface area contributed by atoms with E-state index in [0.29, 0.717) is 13.2 Å². The zero-order valence-corrected chi connectivity index (χ0v) is 8.89. The first-order chi connectivity index (χ1) is 7.10. The molecule has 0 heterocycles. The Hall–Kier alpha value is -1.14. The Morgan fingerprint density at radius 3 is 2.07 bits per heavy atom. The third kappa shape index (κ3) is 7.90. The number of hydrogen-bond donors (Lipinski definition) is 1. The second-order valence-electron chi connectivity index (χ2n) is 2.58. The SMILES string of the molecule is CCOC(OCC)OC(=O)CCC(=O)O. The highest BCUT2D eigenvalue weighted by Crippen LogP contribution is 2.01. The third-order valence-electron chi connectivity index (χ3n) is 1.38. The molecular weight excluding hydrogens is 204 g/mol. The molecule has 0 aliphatic rings. The molecule has 0 aliphatic heterocycles. The van der Waals surface area contributed by atoms with E-state index < -0.39 is 18.4 Å². The number of carbonyl (C=O) groups excluding carboxylic acids is 1. The van der Waals surface area contributed by atoms with Gasteiger partial charge in [-0.1, -0.05) is 0 Å². The van der Waals surface area contributed by atoms with E-state index in [1.165, 1.54) is 0 Å². The summed E-state index contributed by atoms with van der Waals surface area (Å²) in [5.41, 5.74) is 0. The maximum absolute atomic E-state index is 11.1. The quantitative estimate of drug-likeness (QED) is 0.480. The summed E-state index contributed by atoms with van der Waals surface area (Å²) in [7, 11) is 0. The first-order valence-corrected chi connectivity index (χ1v) is 4.74. The molecule has 0 aromatic heterocycles. The third-order valence-corrected chi connectivity index (χ3v) is 1.38. The Labute approximate surface area is 88.1 Å². The van der Waals surface area contributed by atoms with E-state index in [1.54, 1.807) is 13.8 Å². The largest absolute Gasteiger partial charge is 0.481 e. The maximum Gasteiger partial charge on any atom is 0.318 e. The minimum Gasteiger partial charge on any atom is -0.481 e. The van der Waals surface area contributed by atoms with Crippen LogP contribution in [0.15, 0.2) is 0 Å². The molecule has 1 N–H and O–H groups in total. The molecule has 6 nitrogen and oxygen atoms in total. The van der Waals surface area contributed by atoms with Crippen LogP contribution in [-0.2, 0) is 23.8 Å². The summed E-state index contributed by atoms with van der Waals surface area (Å²) < 4.78 is 14.6. The topological polar surface area (TPSA) is 82.1 Å². The number of carboxylic acid groups (broad SMARTS) is 1. The second-order valence-corrected chi connectivity index (χ2v) is 2.58. The summed E-state index contributed by atoms with van der Waals surface area (Å²) in [6.45, 7) is 3.11. The van der Waals surface area contributed by atoms with Gasteiger partial charge in [-0.15, -0.1) is 0 Å². The van der Waals surface area contributed by atoms with Gasteiger partial charge in [0.2, 0.25) is 0 Å². The van der Waals surface area contributed by atoms with Gasteiger partial charge < -0.3 is 19.3 Å². The van der Waals surface area contributed by atoms with Crippen LogP contribution < -0.4 is 0 Å². The summed E-state index contributed by atoms with van der Waals surface area (Å²) in [4.78, 5) is 21.2. The highest BCUT2D eigenvalue weighted by Gasteiger charge is 2.14. The van der Waals surface area contributed by atoms with Gasteiger partial charge in [-0.2, -0.15) is 0 Å². The molecule has 0 bridgehead atoms. The lowest BCUT2D eigenvalue weighted by atomic mass is 10.3. The number of esters is 1. The molecule has 0 saturated carbocycles. The van der Waals surface area contributed by atoms with Crippen molar-refractivity contribution in [1.82, 2.24) is 0 Å². The van der Waals surface area contributed by atoms with Crippen molar-refractivity contribution >= 4 is 11.9 Å². The van der Waals surface area contributed by atoms with E-state index in [2.05, 4.69) is 0 Å². The van der Waals surface area contributed by atoms with Crippen LogP contribution >= 0.6 is 0 Å². The molecular formula is C9H16O6. The van der Waals surface area contributed by atoms with Crippen molar-refractivity contribution in [2.24, 2.45) is 0 Å². The van der Waals surface area contributed by atoms with E-state index in [9.17, 15) is 9.59 Å². The minimum atomic E-state index is -1.05. The van der Waals surface area contributed by atoms with Crippen LogP contribution in [0.2, 0.25) is 0 Å². The van der Waals surface area contributed by atoms with E-state index in [-0.39, 0.29) is 12.8 Å². The summed E-state index contributed by atoms with van der Waals surface area (Å²) in [6.07, 6.45) is -0.449. The van der Waals surface area contributed by atoms with E-state index in [0.717, 1.165) is 0 Å². The van der Waals surface area contributed by atoms with Gasteiger partial charge >= 0.3 is 18.4 Å². The Morgan fingerprint density at radius 1 is 1.13 bits per heavy atom. The number of carbonyl (C=O) groups is 2. The summed E-state index contributed by atoms with van der Waals surface area (Å²) in [5.74, 6) is -1.69. The molecule has 0 rings (SSSR count). The molecule has 0 aromatic rings. The van der Waals surface area contributed by atoms with Gasteiger partial charge in [0, 0.05) is 0 Å². The molecule has 0 atom stereocenters. The molecule has 0 aliphatic carbocycles. The van der Waals surface area contributed by atoms with E-state index in [1.807, 2.05) is 0 Å². The fraction of sp³-hybridized carbons (Fsp3) is 0.778. The van der Waals surface area contributed by atoms with Gasteiger partial charge in [0.15, 0.2) is 0 Å². The number of hydrogen-bond acceptors (Lipinski definition) is 5. The van der Waals surface area contributed by atoms with Gasteiger partial charge in [-0.25, -0.2) is 0 Å². The first-order valence-electron chi connectivity index (χ1n) is 4.74. The first kappa shape index (κ1) is 13.9. The van der Waals surface area contributed by atoms with Crippen LogP contribution in [0.25, 0.3) is 0 Å². The Kier molecular flexibility index (Phi) is 7.57. The highest BCUT2D eigenvalue weighted by molar-refractivity contribution is 5.76. The normalized spacial score (nSPS) is 10.3. The molecule has 0 aromatic carbocycles. The van der Waals surface area contributed by atoms with Gasteiger partial charge in [0.1, 0.15) is 0 Å². The lowest BCUT2D eigenvalue weighted by Gasteiger charge is -2.16. The van der Waals surface area contributed by atoms with Crippen molar-refractivity contribution in [2.75, 3.05) is 13.2 Å². The number of carboxylic acids is 1. The zero-order valence-electron chi connectivity index (χ0n) is 8.89. The predicted molar refractivity (Wildman–Crippen MR) is 50.0 cm³/mol. The van der Waals surface area contributed by atoms with E-state index >= 15 is 0 Å². The molecule has 6 heteroatoms. The summed E-state index contributed by atoms with van der Waals surface area (Å²) in [5, 5.41) is 8.33. The van der Waals surface area contributed by atoms with Crippen molar-refractivity contribution in [3.05, 3.63) is 0 Å². The average molecular weight is 220 g/mol. The van der Waals surface area contributed by atoms with Crippen LogP contribution in [0.3, 0.4) is 0 Å². The molecule has 0 spiro atoms. The van der Waals surface area contributed by atoms with Crippen molar-refractivity contribution < 1.29 is 28.9 Å². The molecule has 15 heavy (non-hydrogen) atoms. The fourth-order valence-electron chi connectivity index (χ4n) is 0.764. The lowest BCUT2D eigenvalue weighted by Crippen LogP contribution is -2.24. The monoisotopic (exact) mass is 220 g/mol. The fourth-order valence-corrected chi connectivity index (χ4v) is 0.764. The van der Waals surface area contributed by atoms with Gasteiger partial charge in [0.25, 0.3) is 0 Å². The molecule has 0 saturated heterocycles. The summed E-state index contributed by atoms with van der Waals surface area (Å²) in [6, 6.07) is 0. The molecule has 0 unspecified atom stereocenters. The van der Waals surface area contributed by atoms with Crippen molar-refractivity contribution in [2.45, 2.75) is 33.2 Å². The average Bonchev–Trinajstić information content (AvgIpc) is 2.15. The van der Waals surface area contributed by atoms with Crippen molar-refractivity contribution in [3.63, 3.8) is 0 Å². The zero-order chi connectivity index (χ0) is 11.7. The summed E-state index contributed by atoms with van der Waals surface area (Å²) >= 11 is 0. The Morgan fingerprint density at radius 2 is 1.67 bits per heavy atom. The Balaban J connectivity index is 3.82. The smallest absolute Gasteiger partial charge is 0.318 e.